The summed E-state index contributed by atoms with van der Waals surface area (Å²) in [6.07, 6.45) is 1.33. The van der Waals surface area contributed by atoms with E-state index in [9.17, 15) is 4.79 Å². The maximum Gasteiger partial charge on any atom is 0.259 e. The van der Waals surface area contributed by atoms with Gasteiger partial charge in [0.1, 0.15) is 5.15 Å². The van der Waals surface area contributed by atoms with Crippen LogP contribution in [-0.2, 0) is 0 Å². The summed E-state index contributed by atoms with van der Waals surface area (Å²) in [7, 11) is 1.60. The fourth-order valence-electron chi connectivity index (χ4n) is 1.66. The summed E-state index contributed by atoms with van der Waals surface area (Å²) in [5.74, 6) is -0.325. The normalized spacial score (nSPS) is 9.90. The smallest absolute Gasteiger partial charge is 0.259 e. The van der Waals surface area contributed by atoms with E-state index in [1.807, 2.05) is 6.07 Å². The van der Waals surface area contributed by atoms with Crippen molar-refractivity contribution in [1.82, 2.24) is 4.98 Å². The van der Waals surface area contributed by atoms with Crippen molar-refractivity contribution in [2.75, 3.05) is 11.9 Å². The molecule has 100 valence electrons. The van der Waals surface area contributed by atoms with Gasteiger partial charge in [0.2, 0.25) is 0 Å². The fourth-order valence-corrected chi connectivity index (χ4v) is 2.00. The molecular weight excluding hydrogens is 297 g/mol. The Morgan fingerprint density at radius 3 is 2.80 bits per heavy atom. The minimum atomic E-state index is -0.325. The van der Waals surface area contributed by atoms with Crippen molar-refractivity contribution in [2.24, 2.45) is 0 Å². The van der Waals surface area contributed by atoms with Crippen molar-refractivity contribution in [3.05, 3.63) is 57.8 Å². The highest BCUT2D eigenvalue weighted by atomic mass is 35.5. The molecule has 0 aliphatic carbocycles. The summed E-state index contributed by atoms with van der Waals surface area (Å²) in [6, 6.07) is 10.2. The van der Waals surface area contributed by atoms with Crippen LogP contribution in [0.4, 0.5) is 5.69 Å². The molecule has 2 rings (SSSR count). The first kappa shape index (κ1) is 14.3. The fraction of sp³-hybridized carbons (Fsp3) is 0.0714. The van der Waals surface area contributed by atoms with Gasteiger partial charge in [-0.1, -0.05) is 29.3 Å². The van der Waals surface area contributed by atoms with Gasteiger partial charge in [-0.05, 0) is 24.3 Å². The molecule has 0 saturated carbocycles. The second-order valence-corrected chi connectivity index (χ2v) is 4.81. The number of aromatic nitrogens is 1. The molecule has 0 aliphatic rings. The van der Waals surface area contributed by atoms with Crippen molar-refractivity contribution in [1.29, 1.82) is 5.26 Å². The molecule has 0 atom stereocenters. The van der Waals surface area contributed by atoms with Crippen LogP contribution in [0.2, 0.25) is 10.2 Å². The molecule has 0 saturated heterocycles. The van der Waals surface area contributed by atoms with Gasteiger partial charge >= 0.3 is 0 Å². The van der Waals surface area contributed by atoms with Gasteiger partial charge in [-0.2, -0.15) is 5.26 Å². The van der Waals surface area contributed by atoms with Crippen LogP contribution in [-0.4, -0.2) is 17.9 Å². The monoisotopic (exact) mass is 305 g/mol. The molecule has 6 heteroatoms. The SMILES string of the molecule is CN(C(=O)c1cc(Cl)ncc1Cl)c1cccc(C#N)c1. The maximum absolute atomic E-state index is 12.4. The molecule has 0 aliphatic heterocycles. The van der Waals surface area contributed by atoms with Gasteiger partial charge in [0.05, 0.1) is 22.2 Å². The van der Waals surface area contributed by atoms with Crippen LogP contribution in [0.15, 0.2) is 36.5 Å². The van der Waals surface area contributed by atoms with Crippen LogP contribution < -0.4 is 4.90 Å². The van der Waals surface area contributed by atoms with E-state index in [2.05, 4.69) is 4.98 Å². The molecule has 1 heterocycles. The molecular formula is C14H9Cl2N3O. The minimum Gasteiger partial charge on any atom is -0.311 e. The number of nitrogens with zero attached hydrogens (tertiary/aromatic N) is 3. The number of pyridine rings is 1. The van der Waals surface area contributed by atoms with Gasteiger partial charge in [0, 0.05) is 18.9 Å². The summed E-state index contributed by atoms with van der Waals surface area (Å²) in [5, 5.41) is 9.30. The van der Waals surface area contributed by atoms with Gasteiger partial charge < -0.3 is 4.90 Å². The van der Waals surface area contributed by atoms with Gasteiger partial charge in [0.25, 0.3) is 5.91 Å². The van der Waals surface area contributed by atoms with Crippen molar-refractivity contribution < 1.29 is 4.79 Å². The Balaban J connectivity index is 2.37. The van der Waals surface area contributed by atoms with Gasteiger partial charge in [0.15, 0.2) is 0 Å². The largest absolute Gasteiger partial charge is 0.311 e. The second kappa shape index (κ2) is 5.91. The van der Waals surface area contributed by atoms with Crippen molar-refractivity contribution >= 4 is 34.8 Å². The van der Waals surface area contributed by atoms with E-state index in [0.717, 1.165) is 0 Å². The molecule has 4 nitrogen and oxygen atoms in total. The molecule has 20 heavy (non-hydrogen) atoms. The predicted octanol–water partition coefficient (Wildman–Crippen LogP) is 3.54. The zero-order valence-electron chi connectivity index (χ0n) is 10.5. The van der Waals surface area contributed by atoms with Crippen LogP contribution in [0.5, 0.6) is 0 Å². The first-order valence-electron chi connectivity index (χ1n) is 5.62. The van der Waals surface area contributed by atoms with E-state index in [-0.39, 0.29) is 21.6 Å². The number of carbonyl (C=O) groups excluding carboxylic acids is 1. The Morgan fingerprint density at radius 2 is 2.10 bits per heavy atom. The van der Waals surface area contributed by atoms with Gasteiger partial charge in [-0.3, -0.25) is 4.79 Å². The van der Waals surface area contributed by atoms with Crippen molar-refractivity contribution in [3.8, 4) is 6.07 Å². The first-order valence-corrected chi connectivity index (χ1v) is 6.38. The van der Waals surface area contributed by atoms with Crippen molar-refractivity contribution in [2.45, 2.75) is 0 Å². The summed E-state index contributed by atoms with van der Waals surface area (Å²) < 4.78 is 0. The lowest BCUT2D eigenvalue weighted by atomic mass is 10.2. The number of hydrogen-bond donors (Lipinski definition) is 0. The van der Waals surface area contributed by atoms with E-state index in [0.29, 0.717) is 11.3 Å². The van der Waals surface area contributed by atoms with E-state index < -0.39 is 0 Å². The molecule has 0 fully saturated rings. The highest BCUT2D eigenvalue weighted by Crippen LogP contribution is 2.22. The molecule has 1 aromatic heterocycles. The Hall–Kier alpha value is -2.09. The Kier molecular flexibility index (Phi) is 4.23. The Labute approximate surface area is 126 Å². The average Bonchev–Trinajstić information content (AvgIpc) is 2.48. The van der Waals surface area contributed by atoms with Gasteiger partial charge in [-0.15, -0.1) is 0 Å². The number of halogens is 2. The van der Waals surface area contributed by atoms with E-state index >= 15 is 0 Å². The van der Waals surface area contributed by atoms with Crippen LogP contribution >= 0.6 is 23.2 Å². The van der Waals surface area contributed by atoms with Crippen LogP contribution in [0, 0.1) is 11.3 Å². The Bertz CT molecular complexity index is 710. The highest BCUT2D eigenvalue weighted by Gasteiger charge is 2.17. The van der Waals surface area contributed by atoms with Crippen molar-refractivity contribution in [3.63, 3.8) is 0 Å². The standard InChI is InChI=1S/C14H9Cl2N3O/c1-19(10-4-2-3-9(5-10)7-17)14(20)11-6-13(16)18-8-12(11)15/h2-6,8H,1H3. The number of hydrogen-bond acceptors (Lipinski definition) is 3. The van der Waals surface area contributed by atoms with E-state index in [1.165, 1.54) is 17.2 Å². The lowest BCUT2D eigenvalue weighted by Crippen LogP contribution is -2.26. The molecule has 1 amide bonds. The number of nitriles is 1. The molecule has 0 N–H and O–H groups in total. The second-order valence-electron chi connectivity index (χ2n) is 4.01. The molecule has 0 bridgehead atoms. The van der Waals surface area contributed by atoms with E-state index in [4.69, 9.17) is 28.5 Å². The number of carbonyl (C=O) groups is 1. The third-order valence-electron chi connectivity index (χ3n) is 2.72. The molecule has 2 aromatic rings. The van der Waals surface area contributed by atoms with Crippen LogP contribution in [0.3, 0.4) is 0 Å². The Morgan fingerprint density at radius 1 is 1.35 bits per heavy atom. The van der Waals surface area contributed by atoms with Gasteiger partial charge in [-0.25, -0.2) is 4.98 Å². The van der Waals surface area contributed by atoms with E-state index in [1.54, 1.807) is 31.3 Å². The molecule has 1 aromatic carbocycles. The summed E-state index contributed by atoms with van der Waals surface area (Å²) in [6.45, 7) is 0. The lowest BCUT2D eigenvalue weighted by molar-refractivity contribution is 0.0993. The zero-order chi connectivity index (χ0) is 14.7. The predicted molar refractivity (Wildman–Crippen MR) is 78.1 cm³/mol. The number of anilines is 1. The summed E-state index contributed by atoms with van der Waals surface area (Å²) >= 11 is 11.7. The topological polar surface area (TPSA) is 57.0 Å². The highest BCUT2D eigenvalue weighted by molar-refractivity contribution is 6.35. The third-order valence-corrected chi connectivity index (χ3v) is 3.23. The quantitative estimate of drug-likeness (QED) is 0.797. The van der Waals surface area contributed by atoms with Crippen LogP contribution in [0.1, 0.15) is 15.9 Å². The zero-order valence-corrected chi connectivity index (χ0v) is 12.0. The average molecular weight is 306 g/mol. The summed E-state index contributed by atoms with van der Waals surface area (Å²) in [5.41, 5.74) is 1.33. The first-order chi connectivity index (χ1) is 9.52. The lowest BCUT2D eigenvalue weighted by Gasteiger charge is -2.18. The summed E-state index contributed by atoms with van der Waals surface area (Å²) in [4.78, 5) is 17.6. The number of amides is 1. The number of benzene rings is 1. The number of rotatable bonds is 2. The molecule has 0 radical (unpaired) electrons. The minimum absolute atomic E-state index is 0.192. The van der Waals surface area contributed by atoms with Crippen LogP contribution in [0.25, 0.3) is 0 Å². The molecule has 0 spiro atoms. The maximum atomic E-state index is 12.4. The molecule has 0 unspecified atom stereocenters. The third kappa shape index (κ3) is 2.90.